The van der Waals surface area contributed by atoms with Crippen LogP contribution in [0.25, 0.3) is 0 Å². The summed E-state index contributed by atoms with van der Waals surface area (Å²) in [5.41, 5.74) is 15.1. The van der Waals surface area contributed by atoms with E-state index in [9.17, 15) is 4.79 Å². The topological polar surface area (TPSA) is 72.4 Å². The van der Waals surface area contributed by atoms with Crippen LogP contribution in [0, 0.1) is 0 Å². The number of nitrogens with two attached hydrogens (primary N) is 2. The molecule has 0 aromatic heterocycles. The minimum Gasteiger partial charge on any atom is -0.326 e. The lowest BCUT2D eigenvalue weighted by molar-refractivity contribution is -0.118. The van der Waals surface area contributed by atoms with Gasteiger partial charge in [0.15, 0.2) is 0 Å². The number of hydrogen-bond donors (Lipinski definition) is 2. The molecule has 3 rings (SSSR count). The third kappa shape index (κ3) is 2.15. The van der Waals surface area contributed by atoms with Gasteiger partial charge < -0.3 is 16.4 Å². The molecule has 1 amide bonds. The number of carbonyl (C=O) groups is 1. The van der Waals surface area contributed by atoms with Crippen molar-refractivity contribution in [1.82, 2.24) is 0 Å². The van der Waals surface area contributed by atoms with Gasteiger partial charge in [0.25, 0.3) is 0 Å². The van der Waals surface area contributed by atoms with Crippen molar-refractivity contribution >= 4 is 11.6 Å². The Labute approximate surface area is 113 Å². The number of benzene rings is 1. The second-order valence-electron chi connectivity index (χ2n) is 5.62. The van der Waals surface area contributed by atoms with E-state index in [1.165, 1.54) is 12.8 Å². The van der Waals surface area contributed by atoms with Gasteiger partial charge in [-0.3, -0.25) is 4.79 Å². The monoisotopic (exact) mass is 259 g/mol. The zero-order valence-electron chi connectivity index (χ0n) is 11.1. The van der Waals surface area contributed by atoms with E-state index in [2.05, 4.69) is 6.07 Å². The third-order valence-electron chi connectivity index (χ3n) is 4.36. The molecule has 1 aliphatic carbocycles. The van der Waals surface area contributed by atoms with Crippen molar-refractivity contribution in [2.75, 3.05) is 4.90 Å². The van der Waals surface area contributed by atoms with Crippen LogP contribution < -0.4 is 16.4 Å². The number of rotatable bonds is 2. The molecule has 0 radical (unpaired) electrons. The maximum Gasteiger partial charge on any atom is 0.231 e. The highest BCUT2D eigenvalue weighted by Crippen LogP contribution is 2.35. The van der Waals surface area contributed by atoms with Gasteiger partial charge in [-0.25, -0.2) is 0 Å². The summed E-state index contributed by atoms with van der Waals surface area (Å²) >= 11 is 0. The molecule has 0 spiro atoms. The predicted molar refractivity (Wildman–Crippen MR) is 75.8 cm³/mol. The molecule has 1 saturated carbocycles. The van der Waals surface area contributed by atoms with Gasteiger partial charge in [0.05, 0.1) is 12.5 Å². The zero-order valence-corrected chi connectivity index (χ0v) is 11.1. The molecule has 0 bridgehead atoms. The average Bonchev–Trinajstić information content (AvgIpc) is 2.74. The summed E-state index contributed by atoms with van der Waals surface area (Å²) < 4.78 is 0. The number of fused-ring (bicyclic) bond motifs is 1. The highest BCUT2D eigenvalue weighted by molar-refractivity contribution is 6.02. The molecule has 2 aliphatic rings. The van der Waals surface area contributed by atoms with Crippen LogP contribution in [0.1, 0.15) is 36.8 Å². The van der Waals surface area contributed by atoms with Crippen molar-refractivity contribution in [3.8, 4) is 0 Å². The predicted octanol–water partition coefficient (Wildman–Crippen LogP) is 1.30. The maximum absolute atomic E-state index is 12.3. The first-order valence-corrected chi connectivity index (χ1v) is 7.10. The molecule has 1 aromatic carbocycles. The fourth-order valence-corrected chi connectivity index (χ4v) is 3.35. The number of anilines is 1. The lowest BCUT2D eigenvalue weighted by Gasteiger charge is -2.36. The standard InChI is InChI=1S/C15H21N3O/c16-9-10-5-6-13-11(7-10)8-15(19)18(13)14-4-2-1-3-12(14)17/h5-7,12,14H,1-4,8-9,16-17H2. The molecule has 1 aromatic rings. The summed E-state index contributed by atoms with van der Waals surface area (Å²) in [6.07, 6.45) is 4.87. The highest BCUT2D eigenvalue weighted by atomic mass is 16.2. The van der Waals surface area contributed by atoms with Crippen LogP contribution in [0.3, 0.4) is 0 Å². The molecule has 19 heavy (non-hydrogen) atoms. The Kier molecular flexibility index (Phi) is 3.29. The minimum atomic E-state index is 0.109. The number of amides is 1. The van der Waals surface area contributed by atoms with E-state index < -0.39 is 0 Å². The molecule has 2 atom stereocenters. The minimum absolute atomic E-state index is 0.109. The second kappa shape index (κ2) is 4.94. The smallest absolute Gasteiger partial charge is 0.231 e. The molecule has 1 aliphatic heterocycles. The Morgan fingerprint density at radius 3 is 2.79 bits per heavy atom. The molecule has 1 fully saturated rings. The van der Waals surface area contributed by atoms with Gasteiger partial charge in [-0.05, 0) is 30.0 Å². The summed E-state index contributed by atoms with van der Waals surface area (Å²) in [4.78, 5) is 14.3. The second-order valence-corrected chi connectivity index (χ2v) is 5.62. The SMILES string of the molecule is NCc1ccc2c(c1)CC(=O)N2C1CCCCC1N. The fraction of sp³-hybridized carbons (Fsp3) is 0.533. The van der Waals surface area contributed by atoms with Gasteiger partial charge in [0.1, 0.15) is 0 Å². The summed E-state index contributed by atoms with van der Waals surface area (Å²) in [5, 5.41) is 0. The zero-order chi connectivity index (χ0) is 13.4. The van der Waals surface area contributed by atoms with Crippen LogP contribution in [0.2, 0.25) is 0 Å². The Balaban J connectivity index is 1.93. The van der Waals surface area contributed by atoms with E-state index in [1.807, 2.05) is 17.0 Å². The van der Waals surface area contributed by atoms with Gasteiger partial charge >= 0.3 is 0 Å². The highest BCUT2D eigenvalue weighted by Gasteiger charge is 2.36. The van der Waals surface area contributed by atoms with E-state index in [0.29, 0.717) is 13.0 Å². The number of hydrogen-bond acceptors (Lipinski definition) is 3. The van der Waals surface area contributed by atoms with Crippen LogP contribution in [0.4, 0.5) is 5.69 Å². The summed E-state index contributed by atoms with van der Waals surface area (Å²) in [5.74, 6) is 0.187. The molecule has 2 unspecified atom stereocenters. The van der Waals surface area contributed by atoms with E-state index in [-0.39, 0.29) is 18.0 Å². The molecule has 102 valence electrons. The van der Waals surface area contributed by atoms with Crippen molar-refractivity contribution in [1.29, 1.82) is 0 Å². The average molecular weight is 259 g/mol. The van der Waals surface area contributed by atoms with Crippen molar-refractivity contribution in [3.63, 3.8) is 0 Å². The lowest BCUT2D eigenvalue weighted by atomic mass is 9.89. The normalized spacial score (nSPS) is 26.6. The Morgan fingerprint density at radius 2 is 2.05 bits per heavy atom. The van der Waals surface area contributed by atoms with Crippen molar-refractivity contribution in [2.45, 2.75) is 50.7 Å². The summed E-state index contributed by atoms with van der Waals surface area (Å²) in [7, 11) is 0. The maximum atomic E-state index is 12.3. The molecular formula is C15H21N3O. The Hall–Kier alpha value is -1.39. The van der Waals surface area contributed by atoms with E-state index in [0.717, 1.165) is 29.7 Å². The first-order valence-electron chi connectivity index (χ1n) is 7.10. The van der Waals surface area contributed by atoms with Gasteiger partial charge in [0.2, 0.25) is 5.91 Å². The Morgan fingerprint density at radius 1 is 1.26 bits per heavy atom. The third-order valence-corrected chi connectivity index (χ3v) is 4.36. The van der Waals surface area contributed by atoms with Crippen LogP contribution >= 0.6 is 0 Å². The van der Waals surface area contributed by atoms with Crippen molar-refractivity contribution < 1.29 is 4.79 Å². The van der Waals surface area contributed by atoms with Gasteiger partial charge in [-0.1, -0.05) is 25.0 Å². The summed E-state index contributed by atoms with van der Waals surface area (Å²) in [6, 6.07) is 6.38. The van der Waals surface area contributed by atoms with Gasteiger partial charge in [-0.15, -0.1) is 0 Å². The van der Waals surface area contributed by atoms with E-state index in [1.54, 1.807) is 0 Å². The first-order chi connectivity index (χ1) is 9.20. The molecule has 4 N–H and O–H groups in total. The van der Waals surface area contributed by atoms with E-state index in [4.69, 9.17) is 11.5 Å². The fourth-order valence-electron chi connectivity index (χ4n) is 3.35. The summed E-state index contributed by atoms with van der Waals surface area (Å²) in [6.45, 7) is 0.518. The van der Waals surface area contributed by atoms with Crippen LogP contribution in [-0.4, -0.2) is 18.0 Å². The molecular weight excluding hydrogens is 238 g/mol. The number of carbonyl (C=O) groups excluding carboxylic acids is 1. The van der Waals surface area contributed by atoms with E-state index >= 15 is 0 Å². The Bertz CT molecular complexity index is 500. The largest absolute Gasteiger partial charge is 0.326 e. The quantitative estimate of drug-likeness (QED) is 0.841. The van der Waals surface area contributed by atoms with Crippen LogP contribution in [0.5, 0.6) is 0 Å². The van der Waals surface area contributed by atoms with Crippen LogP contribution in [0.15, 0.2) is 18.2 Å². The number of nitrogens with zero attached hydrogens (tertiary/aromatic N) is 1. The lowest BCUT2D eigenvalue weighted by Crippen LogP contribution is -2.51. The van der Waals surface area contributed by atoms with Gasteiger partial charge in [-0.2, -0.15) is 0 Å². The molecule has 4 heteroatoms. The molecule has 0 saturated heterocycles. The van der Waals surface area contributed by atoms with Crippen molar-refractivity contribution in [3.05, 3.63) is 29.3 Å². The van der Waals surface area contributed by atoms with Crippen molar-refractivity contribution in [2.24, 2.45) is 11.5 Å². The first kappa shape index (κ1) is 12.6. The van der Waals surface area contributed by atoms with Crippen LogP contribution in [-0.2, 0) is 17.8 Å². The van der Waals surface area contributed by atoms with Gasteiger partial charge in [0, 0.05) is 18.3 Å². The molecule has 1 heterocycles. The molecule has 4 nitrogen and oxygen atoms in total.